The van der Waals surface area contributed by atoms with Crippen LogP contribution < -0.4 is 0 Å². The molecule has 1 saturated heterocycles. The second-order valence-electron chi connectivity index (χ2n) is 7.90. The molecule has 0 radical (unpaired) electrons. The standard InChI is InChI=1S/C20H22O7/c1-8-6-7-11-9(2)17(22)25-15(11)13-12(8)14(21)16(19(13,4)24)26-18(23)20(5)10(3)27-20/h6-7,10,13,15,21,24H,1-5H3/t10?,13-,15-,19+,20?/m0/s1. The van der Waals surface area contributed by atoms with Crippen LogP contribution in [0.3, 0.4) is 0 Å². The maximum Gasteiger partial charge on any atom is 0.346 e. The summed E-state index contributed by atoms with van der Waals surface area (Å²) in [5.74, 6) is -2.49. The molecule has 0 aromatic carbocycles. The van der Waals surface area contributed by atoms with Crippen molar-refractivity contribution in [1.29, 1.82) is 0 Å². The topological polar surface area (TPSA) is 106 Å². The van der Waals surface area contributed by atoms with Gasteiger partial charge in [-0.1, -0.05) is 12.2 Å². The Morgan fingerprint density at radius 2 is 1.89 bits per heavy atom. The molecule has 7 heteroatoms. The summed E-state index contributed by atoms with van der Waals surface area (Å²) >= 11 is 0. The highest BCUT2D eigenvalue weighted by atomic mass is 16.7. The molecule has 5 atom stereocenters. The van der Waals surface area contributed by atoms with Crippen LogP contribution in [-0.2, 0) is 23.8 Å². The van der Waals surface area contributed by atoms with E-state index in [4.69, 9.17) is 14.2 Å². The lowest BCUT2D eigenvalue weighted by Crippen LogP contribution is -2.43. The molecule has 2 heterocycles. The number of esters is 2. The predicted octanol–water partition coefficient (Wildman–Crippen LogP) is 1.99. The van der Waals surface area contributed by atoms with Crippen molar-refractivity contribution in [2.45, 2.75) is 58.0 Å². The Morgan fingerprint density at radius 3 is 2.48 bits per heavy atom. The summed E-state index contributed by atoms with van der Waals surface area (Å²) in [5, 5.41) is 22.1. The number of carbonyl (C=O) groups is 2. The smallest absolute Gasteiger partial charge is 0.346 e. The molecule has 0 bridgehead atoms. The highest BCUT2D eigenvalue weighted by Gasteiger charge is 2.61. The largest absolute Gasteiger partial charge is 0.504 e. The monoisotopic (exact) mass is 374 g/mol. The summed E-state index contributed by atoms with van der Waals surface area (Å²) in [6.07, 6.45) is 2.44. The summed E-state index contributed by atoms with van der Waals surface area (Å²) in [7, 11) is 0. The maximum atomic E-state index is 12.5. The summed E-state index contributed by atoms with van der Waals surface area (Å²) in [6.45, 7) is 8.22. The van der Waals surface area contributed by atoms with Gasteiger partial charge in [0.05, 0.1) is 12.0 Å². The van der Waals surface area contributed by atoms with Crippen LogP contribution in [0.15, 0.2) is 46.0 Å². The van der Waals surface area contributed by atoms with E-state index in [1.807, 2.05) is 0 Å². The lowest BCUT2D eigenvalue weighted by molar-refractivity contribution is -0.152. The Morgan fingerprint density at radius 1 is 1.26 bits per heavy atom. The molecule has 0 saturated carbocycles. The van der Waals surface area contributed by atoms with Gasteiger partial charge in [0.25, 0.3) is 0 Å². The van der Waals surface area contributed by atoms with E-state index in [-0.39, 0.29) is 17.6 Å². The van der Waals surface area contributed by atoms with Gasteiger partial charge in [-0.25, -0.2) is 9.59 Å². The number of aliphatic hydroxyl groups excluding tert-OH is 1. The minimum atomic E-state index is -1.75. The van der Waals surface area contributed by atoms with E-state index in [0.717, 1.165) is 0 Å². The number of ether oxygens (including phenoxy) is 3. The maximum absolute atomic E-state index is 12.5. The van der Waals surface area contributed by atoms with Gasteiger partial charge >= 0.3 is 11.9 Å². The van der Waals surface area contributed by atoms with Crippen molar-refractivity contribution < 1.29 is 34.0 Å². The van der Waals surface area contributed by atoms with Gasteiger partial charge < -0.3 is 24.4 Å². The van der Waals surface area contributed by atoms with Crippen LogP contribution in [-0.4, -0.2) is 45.6 Å². The van der Waals surface area contributed by atoms with Crippen LogP contribution in [0, 0.1) is 5.92 Å². The minimum absolute atomic E-state index is 0.244. The Bertz CT molecular complexity index is 901. The van der Waals surface area contributed by atoms with Gasteiger partial charge in [-0.15, -0.1) is 0 Å². The Balaban J connectivity index is 1.78. The van der Waals surface area contributed by atoms with Gasteiger partial charge in [-0.05, 0) is 40.2 Å². The molecule has 0 aromatic rings. The van der Waals surface area contributed by atoms with Gasteiger partial charge in [-0.3, -0.25) is 0 Å². The molecular formula is C20H22O7. The van der Waals surface area contributed by atoms with Crippen molar-refractivity contribution >= 4 is 11.9 Å². The number of allylic oxidation sites excluding steroid dienone is 3. The van der Waals surface area contributed by atoms with E-state index in [1.54, 1.807) is 39.8 Å². The number of rotatable bonds is 2. The lowest BCUT2D eigenvalue weighted by Gasteiger charge is -2.32. The molecule has 2 aliphatic heterocycles. The highest BCUT2D eigenvalue weighted by molar-refractivity contribution is 5.93. The van der Waals surface area contributed by atoms with Gasteiger partial charge in [0.2, 0.25) is 0 Å². The number of carbonyl (C=O) groups excluding carboxylic acids is 2. The average Bonchev–Trinajstić information content (AvgIpc) is 3.09. The van der Waals surface area contributed by atoms with Crippen LogP contribution >= 0.6 is 0 Å². The summed E-state index contributed by atoms with van der Waals surface area (Å²) < 4.78 is 16.2. The molecule has 0 amide bonds. The van der Waals surface area contributed by atoms with Crippen molar-refractivity contribution in [2.24, 2.45) is 5.92 Å². The highest BCUT2D eigenvalue weighted by Crippen LogP contribution is 2.52. The fourth-order valence-electron chi connectivity index (χ4n) is 4.07. The van der Waals surface area contributed by atoms with Gasteiger partial charge in [0.1, 0.15) is 11.7 Å². The number of aliphatic hydroxyl groups is 2. The van der Waals surface area contributed by atoms with Crippen LogP contribution in [0.2, 0.25) is 0 Å². The third-order valence-electron chi connectivity index (χ3n) is 6.11. The van der Waals surface area contributed by atoms with Gasteiger partial charge in [0.15, 0.2) is 17.1 Å². The zero-order chi connectivity index (χ0) is 19.9. The summed E-state index contributed by atoms with van der Waals surface area (Å²) in [4.78, 5) is 24.5. The van der Waals surface area contributed by atoms with Crippen LogP contribution in [0.4, 0.5) is 0 Å². The first-order chi connectivity index (χ1) is 12.5. The van der Waals surface area contributed by atoms with Gasteiger partial charge in [0, 0.05) is 16.7 Å². The van der Waals surface area contributed by atoms with E-state index in [2.05, 4.69) is 0 Å². The summed E-state index contributed by atoms with van der Waals surface area (Å²) in [6, 6.07) is 0. The van der Waals surface area contributed by atoms with E-state index in [0.29, 0.717) is 22.3 Å². The molecule has 27 heavy (non-hydrogen) atoms. The molecule has 4 rings (SSSR count). The van der Waals surface area contributed by atoms with E-state index >= 15 is 0 Å². The van der Waals surface area contributed by atoms with Crippen molar-refractivity contribution in [1.82, 2.24) is 0 Å². The molecule has 2 N–H and O–H groups in total. The van der Waals surface area contributed by atoms with E-state index < -0.39 is 35.2 Å². The number of hydrogen-bond donors (Lipinski definition) is 2. The minimum Gasteiger partial charge on any atom is -0.504 e. The molecule has 2 aliphatic carbocycles. The average molecular weight is 374 g/mol. The van der Waals surface area contributed by atoms with E-state index in [1.165, 1.54) is 6.92 Å². The van der Waals surface area contributed by atoms with Crippen LogP contribution in [0.5, 0.6) is 0 Å². The zero-order valence-electron chi connectivity index (χ0n) is 15.8. The fraction of sp³-hybridized carbons (Fsp3) is 0.500. The van der Waals surface area contributed by atoms with Crippen molar-refractivity contribution in [2.75, 3.05) is 0 Å². The molecule has 7 nitrogen and oxygen atoms in total. The lowest BCUT2D eigenvalue weighted by atomic mass is 9.80. The predicted molar refractivity (Wildman–Crippen MR) is 93.2 cm³/mol. The van der Waals surface area contributed by atoms with Crippen LogP contribution in [0.1, 0.15) is 34.6 Å². The third kappa shape index (κ3) is 2.28. The molecule has 2 unspecified atom stereocenters. The van der Waals surface area contributed by atoms with Gasteiger partial charge in [-0.2, -0.15) is 0 Å². The zero-order valence-corrected chi connectivity index (χ0v) is 15.8. The normalized spacial score (nSPS) is 40.1. The fourth-order valence-corrected chi connectivity index (χ4v) is 4.07. The number of epoxide rings is 1. The molecular weight excluding hydrogens is 352 g/mol. The second-order valence-corrected chi connectivity index (χ2v) is 7.90. The Kier molecular flexibility index (Phi) is 3.55. The number of fused-ring (bicyclic) bond motifs is 3. The third-order valence-corrected chi connectivity index (χ3v) is 6.11. The van der Waals surface area contributed by atoms with Crippen molar-refractivity contribution in [3.05, 3.63) is 46.0 Å². The Hall–Kier alpha value is -2.38. The van der Waals surface area contributed by atoms with E-state index in [9.17, 15) is 19.8 Å². The molecule has 4 aliphatic rings. The molecule has 0 spiro atoms. The van der Waals surface area contributed by atoms with Crippen molar-refractivity contribution in [3.8, 4) is 0 Å². The SMILES string of the molecule is CC1=C2C(O)=C(OC(=O)C3(C)OC3C)[C@](C)(O)[C@@H]2[C@H]2OC(=O)C(C)=C2C=C1. The first-order valence-electron chi connectivity index (χ1n) is 8.87. The molecule has 1 fully saturated rings. The number of hydrogen-bond acceptors (Lipinski definition) is 7. The van der Waals surface area contributed by atoms with Crippen LogP contribution in [0.25, 0.3) is 0 Å². The molecule has 144 valence electrons. The first-order valence-corrected chi connectivity index (χ1v) is 8.87. The Labute approximate surface area is 156 Å². The second kappa shape index (κ2) is 5.33. The van der Waals surface area contributed by atoms with Crippen molar-refractivity contribution in [3.63, 3.8) is 0 Å². The summed E-state index contributed by atoms with van der Waals surface area (Å²) in [5.41, 5.74) is -0.658. The quantitative estimate of drug-likeness (QED) is 0.562. The molecule has 0 aromatic heterocycles. The first kappa shape index (κ1) is 18.0.